The largest absolute Gasteiger partial charge is 0.368 e. The number of nitrogens with one attached hydrogen (secondary N) is 1. The topological polar surface area (TPSA) is 47.6 Å². The molecule has 2 aromatic carbocycles. The molecule has 2 aromatic rings. The average Bonchev–Trinajstić information content (AvgIpc) is 2.60. The van der Waals surface area contributed by atoms with Crippen molar-refractivity contribution >= 4 is 29.2 Å². The van der Waals surface area contributed by atoms with Gasteiger partial charge in [-0.1, -0.05) is 54.0 Å². The Kier molecular flexibility index (Phi) is 6.64. The number of benzene rings is 2. The third kappa shape index (κ3) is 4.48. The zero-order valence-corrected chi connectivity index (χ0v) is 16.8. The first kappa shape index (κ1) is 19.2. The van der Waals surface area contributed by atoms with Gasteiger partial charge in [0.25, 0.3) is 0 Å². The molecule has 0 saturated carbocycles. The Morgan fingerprint density at radius 1 is 0.917 bits per heavy atom. The zero-order chi connectivity index (χ0) is 17.7. The van der Waals surface area contributed by atoms with E-state index in [-0.39, 0.29) is 0 Å². The Morgan fingerprint density at radius 2 is 1.42 bits per heavy atom. The van der Waals surface area contributed by atoms with Crippen molar-refractivity contribution in [3.63, 3.8) is 0 Å². The first-order valence-corrected chi connectivity index (χ1v) is 10.1. The summed E-state index contributed by atoms with van der Waals surface area (Å²) in [5.41, 5.74) is 2.95. The van der Waals surface area contributed by atoms with Crippen molar-refractivity contribution in [2.75, 3.05) is 19.5 Å². The van der Waals surface area contributed by atoms with E-state index in [0.29, 0.717) is 5.92 Å². The van der Waals surface area contributed by atoms with E-state index in [4.69, 9.17) is 9.05 Å². The summed E-state index contributed by atoms with van der Waals surface area (Å²) >= 11 is 3.42. The maximum atomic E-state index is 13.0. The van der Waals surface area contributed by atoms with Crippen molar-refractivity contribution in [2.45, 2.75) is 25.5 Å². The molecule has 4 nitrogen and oxygen atoms in total. The lowest BCUT2D eigenvalue weighted by molar-refractivity contribution is 0.268. The standard InChI is InChI=1S/C18H23BrNO3P/c1-13(2)14-7-11-17(12-8-14)20-18(24(21,22-3)23-4)15-5-9-16(19)10-6-15/h5-13,18,20H,1-4H3. The quantitative estimate of drug-likeness (QED) is 0.553. The lowest BCUT2D eigenvalue weighted by Crippen LogP contribution is -2.13. The third-order valence-electron chi connectivity index (χ3n) is 3.89. The molecule has 0 aliphatic carbocycles. The summed E-state index contributed by atoms with van der Waals surface area (Å²) in [6, 6.07) is 15.7. The van der Waals surface area contributed by atoms with Gasteiger partial charge in [-0.05, 0) is 41.3 Å². The highest BCUT2D eigenvalue weighted by Crippen LogP contribution is 2.59. The lowest BCUT2D eigenvalue weighted by Gasteiger charge is -2.26. The fourth-order valence-electron chi connectivity index (χ4n) is 2.40. The molecular formula is C18H23BrNO3P. The predicted octanol–water partition coefficient (Wildman–Crippen LogP) is 6.17. The minimum atomic E-state index is -3.35. The summed E-state index contributed by atoms with van der Waals surface area (Å²) in [5.74, 6) is -0.129. The summed E-state index contributed by atoms with van der Waals surface area (Å²) in [4.78, 5) is 0. The van der Waals surface area contributed by atoms with Crippen molar-refractivity contribution in [1.82, 2.24) is 0 Å². The molecule has 0 radical (unpaired) electrons. The Morgan fingerprint density at radius 3 is 1.88 bits per heavy atom. The highest BCUT2D eigenvalue weighted by molar-refractivity contribution is 9.10. The molecule has 0 heterocycles. The summed E-state index contributed by atoms with van der Waals surface area (Å²) in [6.07, 6.45) is 0. The second-order valence-corrected chi connectivity index (χ2v) is 9.02. The van der Waals surface area contributed by atoms with E-state index in [2.05, 4.69) is 47.2 Å². The fourth-order valence-corrected chi connectivity index (χ4v) is 4.08. The number of hydrogen-bond acceptors (Lipinski definition) is 4. The molecule has 0 saturated heterocycles. The van der Waals surface area contributed by atoms with Crippen LogP contribution in [-0.2, 0) is 13.6 Å². The van der Waals surface area contributed by atoms with Gasteiger partial charge in [0.1, 0.15) is 0 Å². The first-order chi connectivity index (χ1) is 11.4. The van der Waals surface area contributed by atoms with Crippen molar-refractivity contribution < 1.29 is 13.6 Å². The molecule has 130 valence electrons. The van der Waals surface area contributed by atoms with Gasteiger partial charge in [-0.25, -0.2) is 0 Å². The van der Waals surface area contributed by atoms with Crippen LogP contribution in [0.15, 0.2) is 53.0 Å². The van der Waals surface area contributed by atoms with Crippen LogP contribution in [0.25, 0.3) is 0 Å². The Bertz CT molecular complexity index is 693. The van der Waals surface area contributed by atoms with Gasteiger partial charge >= 0.3 is 7.60 Å². The number of anilines is 1. The van der Waals surface area contributed by atoms with Crippen LogP contribution in [0.4, 0.5) is 5.69 Å². The molecule has 1 N–H and O–H groups in total. The molecule has 0 aliphatic rings. The smallest absolute Gasteiger partial charge is 0.356 e. The molecule has 0 bridgehead atoms. The highest BCUT2D eigenvalue weighted by Gasteiger charge is 2.35. The van der Waals surface area contributed by atoms with Gasteiger partial charge < -0.3 is 14.4 Å². The third-order valence-corrected chi connectivity index (χ3v) is 6.50. The van der Waals surface area contributed by atoms with E-state index < -0.39 is 13.4 Å². The minimum absolute atomic E-state index is 0.463. The summed E-state index contributed by atoms with van der Waals surface area (Å²) in [5, 5.41) is 3.29. The monoisotopic (exact) mass is 411 g/mol. The molecule has 0 fully saturated rings. The van der Waals surface area contributed by atoms with Gasteiger partial charge in [-0.15, -0.1) is 0 Å². The first-order valence-electron chi connectivity index (χ1n) is 7.72. The van der Waals surface area contributed by atoms with Gasteiger partial charge in [0.2, 0.25) is 0 Å². The molecule has 1 unspecified atom stereocenters. The minimum Gasteiger partial charge on any atom is -0.368 e. The van der Waals surface area contributed by atoms with E-state index in [1.807, 2.05) is 36.4 Å². The molecule has 0 aliphatic heterocycles. The van der Waals surface area contributed by atoms with Crippen LogP contribution in [0.3, 0.4) is 0 Å². The van der Waals surface area contributed by atoms with Crippen LogP contribution in [0.2, 0.25) is 0 Å². The van der Waals surface area contributed by atoms with Crippen LogP contribution in [-0.4, -0.2) is 14.2 Å². The number of rotatable bonds is 7. The van der Waals surface area contributed by atoms with Crippen molar-refractivity contribution in [2.24, 2.45) is 0 Å². The van der Waals surface area contributed by atoms with Crippen LogP contribution in [0.1, 0.15) is 36.7 Å². The van der Waals surface area contributed by atoms with E-state index in [9.17, 15) is 4.57 Å². The summed E-state index contributed by atoms with van der Waals surface area (Å²) in [7, 11) is -0.546. The Labute approximate surface area is 152 Å². The van der Waals surface area contributed by atoms with Gasteiger partial charge in [0.15, 0.2) is 5.78 Å². The fraction of sp³-hybridized carbons (Fsp3) is 0.333. The van der Waals surface area contributed by atoms with Crippen molar-refractivity contribution in [3.05, 3.63) is 64.1 Å². The predicted molar refractivity (Wildman–Crippen MR) is 103 cm³/mol. The van der Waals surface area contributed by atoms with E-state index in [1.165, 1.54) is 19.8 Å². The highest BCUT2D eigenvalue weighted by atomic mass is 79.9. The lowest BCUT2D eigenvalue weighted by atomic mass is 10.0. The zero-order valence-electron chi connectivity index (χ0n) is 14.3. The van der Waals surface area contributed by atoms with Crippen molar-refractivity contribution in [3.8, 4) is 0 Å². The van der Waals surface area contributed by atoms with Crippen LogP contribution in [0, 0.1) is 0 Å². The molecule has 24 heavy (non-hydrogen) atoms. The van der Waals surface area contributed by atoms with Gasteiger partial charge in [0, 0.05) is 24.4 Å². The van der Waals surface area contributed by atoms with E-state index in [0.717, 1.165) is 15.7 Å². The van der Waals surface area contributed by atoms with Gasteiger partial charge in [-0.3, -0.25) is 4.57 Å². The van der Waals surface area contributed by atoms with Crippen LogP contribution >= 0.6 is 23.5 Å². The SMILES string of the molecule is COP(=O)(OC)C(Nc1ccc(C(C)C)cc1)c1ccc(Br)cc1. The van der Waals surface area contributed by atoms with Crippen LogP contribution < -0.4 is 5.32 Å². The van der Waals surface area contributed by atoms with Crippen molar-refractivity contribution in [1.29, 1.82) is 0 Å². The summed E-state index contributed by atoms with van der Waals surface area (Å²) < 4.78 is 24.4. The molecule has 1 atom stereocenters. The molecule has 6 heteroatoms. The average molecular weight is 412 g/mol. The maximum Gasteiger partial charge on any atom is 0.356 e. The van der Waals surface area contributed by atoms with E-state index in [1.54, 1.807) is 0 Å². The maximum absolute atomic E-state index is 13.0. The normalized spacial score (nSPS) is 13.1. The van der Waals surface area contributed by atoms with Crippen LogP contribution in [0.5, 0.6) is 0 Å². The molecular weight excluding hydrogens is 389 g/mol. The van der Waals surface area contributed by atoms with E-state index >= 15 is 0 Å². The molecule has 0 spiro atoms. The Balaban J connectivity index is 2.35. The number of halogens is 1. The Hall–Kier alpha value is -1.13. The molecule has 0 aromatic heterocycles. The molecule has 2 rings (SSSR count). The second-order valence-electron chi connectivity index (χ2n) is 5.78. The summed E-state index contributed by atoms with van der Waals surface area (Å²) in [6.45, 7) is 4.30. The molecule has 0 amide bonds. The van der Waals surface area contributed by atoms with Gasteiger partial charge in [-0.2, -0.15) is 0 Å². The van der Waals surface area contributed by atoms with Gasteiger partial charge in [0.05, 0.1) is 0 Å². The number of hydrogen-bond donors (Lipinski definition) is 1. The second kappa shape index (κ2) is 8.30.